The molecule has 1 aromatic rings. The second-order valence-electron chi connectivity index (χ2n) is 9.20. The minimum Gasteiger partial charge on any atom is -0.502 e. The molecular formula is C29H49NO4. The van der Waals surface area contributed by atoms with Gasteiger partial charge in [0.2, 0.25) is 11.7 Å². The van der Waals surface area contributed by atoms with Crippen LogP contribution in [-0.2, 0) is 4.79 Å². The number of ether oxygens (including phenoxy) is 2. The fraction of sp³-hybridized carbons (Fsp3) is 0.690. The van der Waals surface area contributed by atoms with Crippen molar-refractivity contribution < 1.29 is 19.4 Å². The fourth-order valence-electron chi connectivity index (χ4n) is 4.13. The van der Waals surface area contributed by atoms with Gasteiger partial charge in [-0.15, -0.1) is 0 Å². The van der Waals surface area contributed by atoms with Gasteiger partial charge in [0, 0.05) is 12.6 Å². The molecule has 0 aliphatic heterocycles. The number of benzene rings is 1. The first-order valence-electron chi connectivity index (χ1n) is 13.5. The molecule has 0 aromatic heterocycles. The van der Waals surface area contributed by atoms with Crippen molar-refractivity contribution in [1.29, 1.82) is 0 Å². The lowest BCUT2D eigenvalue weighted by molar-refractivity contribution is -0.116. The lowest BCUT2D eigenvalue weighted by Crippen LogP contribution is -2.21. The molecule has 194 valence electrons. The molecule has 2 N–H and O–H groups in total. The van der Waals surface area contributed by atoms with Crippen LogP contribution in [0.25, 0.3) is 6.08 Å². The van der Waals surface area contributed by atoms with Crippen LogP contribution < -0.4 is 14.8 Å². The lowest BCUT2D eigenvalue weighted by atomic mass is 10.0. The molecule has 1 rings (SSSR count). The van der Waals surface area contributed by atoms with Crippen molar-refractivity contribution >= 4 is 12.0 Å². The molecule has 0 atom stereocenters. The summed E-state index contributed by atoms with van der Waals surface area (Å²) in [6, 6.07) is 3.33. The van der Waals surface area contributed by atoms with Crippen molar-refractivity contribution in [3.63, 3.8) is 0 Å². The van der Waals surface area contributed by atoms with Crippen molar-refractivity contribution in [2.24, 2.45) is 0 Å². The highest BCUT2D eigenvalue weighted by Crippen LogP contribution is 2.37. The van der Waals surface area contributed by atoms with Gasteiger partial charge >= 0.3 is 0 Å². The van der Waals surface area contributed by atoms with Crippen molar-refractivity contribution in [2.75, 3.05) is 20.8 Å². The average Bonchev–Trinajstić information content (AvgIpc) is 2.85. The molecule has 1 aromatic carbocycles. The van der Waals surface area contributed by atoms with Crippen molar-refractivity contribution in [1.82, 2.24) is 5.32 Å². The minimum absolute atomic E-state index is 0.0462. The summed E-state index contributed by atoms with van der Waals surface area (Å²) in [5.74, 6) is 0.460. The molecule has 0 saturated heterocycles. The van der Waals surface area contributed by atoms with Gasteiger partial charge in [-0.25, -0.2) is 0 Å². The van der Waals surface area contributed by atoms with E-state index in [1.165, 1.54) is 110 Å². The smallest absolute Gasteiger partial charge is 0.243 e. The van der Waals surface area contributed by atoms with Crippen molar-refractivity contribution in [3.05, 3.63) is 23.8 Å². The van der Waals surface area contributed by atoms with Gasteiger partial charge in [-0.1, -0.05) is 103 Å². The second-order valence-corrected chi connectivity index (χ2v) is 9.20. The first kappa shape index (κ1) is 29.9. The maximum absolute atomic E-state index is 12.0. The van der Waals surface area contributed by atoms with Crippen LogP contribution >= 0.6 is 0 Å². The van der Waals surface area contributed by atoms with Gasteiger partial charge in [0.05, 0.1) is 14.2 Å². The van der Waals surface area contributed by atoms with Crippen LogP contribution in [0.1, 0.15) is 115 Å². The second kappa shape index (κ2) is 20.2. The number of methoxy groups -OCH3 is 2. The number of nitrogens with one attached hydrogen (secondary N) is 1. The predicted octanol–water partition coefficient (Wildman–Crippen LogP) is 7.80. The number of hydrogen-bond donors (Lipinski definition) is 2. The Morgan fingerprint density at radius 3 is 1.59 bits per heavy atom. The maximum atomic E-state index is 12.0. The monoisotopic (exact) mass is 475 g/mol. The van der Waals surface area contributed by atoms with Crippen molar-refractivity contribution in [3.8, 4) is 17.2 Å². The van der Waals surface area contributed by atoms with Crippen molar-refractivity contribution in [2.45, 2.75) is 110 Å². The molecule has 0 radical (unpaired) electrons. The Kier molecular flexibility index (Phi) is 17.8. The molecule has 0 unspecified atom stereocenters. The standard InChI is InChI=1S/C29H49NO4/c1-4-5-6-7-8-9-10-11-12-13-14-15-16-17-18-19-22-30-28(31)21-20-25-23-26(33-2)29(32)27(24-25)34-3/h20-21,23-24,32H,4-19,22H2,1-3H3,(H,30,31)/b21-20+. The molecule has 1 amide bonds. The summed E-state index contributed by atoms with van der Waals surface area (Å²) in [6.45, 7) is 2.97. The number of rotatable bonds is 21. The zero-order valence-electron chi connectivity index (χ0n) is 22.0. The predicted molar refractivity (Wildman–Crippen MR) is 143 cm³/mol. The summed E-state index contributed by atoms with van der Waals surface area (Å²) in [5, 5.41) is 12.9. The Bertz CT molecular complexity index is 662. The molecule has 0 heterocycles. The van der Waals surface area contributed by atoms with E-state index in [0.29, 0.717) is 18.0 Å². The van der Waals surface area contributed by atoms with Gasteiger partial charge in [-0.3, -0.25) is 4.79 Å². The van der Waals surface area contributed by atoms with Crippen LogP contribution in [0.3, 0.4) is 0 Å². The van der Waals surface area contributed by atoms with Gasteiger partial charge in [0.15, 0.2) is 11.5 Å². The zero-order valence-corrected chi connectivity index (χ0v) is 22.0. The summed E-state index contributed by atoms with van der Waals surface area (Å²) in [5.41, 5.74) is 0.726. The number of amides is 1. The van der Waals surface area contributed by atoms with Gasteiger partial charge in [-0.05, 0) is 30.2 Å². The zero-order chi connectivity index (χ0) is 24.9. The Morgan fingerprint density at radius 2 is 1.18 bits per heavy atom. The molecule has 0 bridgehead atoms. The van der Waals surface area contributed by atoms with Crippen LogP contribution in [0.4, 0.5) is 0 Å². The van der Waals surface area contributed by atoms with Crippen LogP contribution in [0.2, 0.25) is 0 Å². The van der Waals surface area contributed by atoms with E-state index in [2.05, 4.69) is 12.2 Å². The third kappa shape index (κ3) is 14.2. The third-order valence-corrected chi connectivity index (χ3v) is 6.26. The molecule has 5 heteroatoms. The number of carbonyl (C=O) groups excluding carboxylic acids is 1. The summed E-state index contributed by atoms with van der Waals surface area (Å²) in [6.07, 6.45) is 24.7. The lowest BCUT2D eigenvalue weighted by Gasteiger charge is -2.09. The largest absolute Gasteiger partial charge is 0.502 e. The Balaban J connectivity index is 1.98. The SMILES string of the molecule is CCCCCCCCCCCCCCCCCCNC(=O)/C=C/c1cc(OC)c(O)c(OC)c1. The highest BCUT2D eigenvalue weighted by molar-refractivity contribution is 5.91. The van der Waals surface area contributed by atoms with Gasteiger partial charge < -0.3 is 19.9 Å². The summed E-state index contributed by atoms with van der Waals surface area (Å²) < 4.78 is 10.3. The molecule has 0 fully saturated rings. The topological polar surface area (TPSA) is 67.8 Å². The number of aromatic hydroxyl groups is 1. The third-order valence-electron chi connectivity index (χ3n) is 6.26. The highest BCUT2D eigenvalue weighted by atomic mass is 16.5. The summed E-state index contributed by atoms with van der Waals surface area (Å²) >= 11 is 0. The first-order chi connectivity index (χ1) is 16.6. The maximum Gasteiger partial charge on any atom is 0.243 e. The first-order valence-corrected chi connectivity index (χ1v) is 13.5. The quantitative estimate of drug-likeness (QED) is 0.141. The van der Waals surface area contributed by atoms with Gasteiger partial charge in [-0.2, -0.15) is 0 Å². The molecule has 34 heavy (non-hydrogen) atoms. The number of hydrogen-bond acceptors (Lipinski definition) is 4. The van der Waals surface area contributed by atoms with E-state index >= 15 is 0 Å². The number of phenolic OH excluding ortho intramolecular Hbond substituents is 1. The van der Waals surface area contributed by atoms with E-state index < -0.39 is 0 Å². The van der Waals surface area contributed by atoms with Crippen LogP contribution in [0, 0.1) is 0 Å². The molecule has 0 saturated carbocycles. The van der Waals surface area contributed by atoms with Crippen LogP contribution in [0.5, 0.6) is 17.2 Å². The van der Waals surface area contributed by atoms with E-state index in [4.69, 9.17) is 9.47 Å². The van der Waals surface area contributed by atoms with Crippen LogP contribution in [0.15, 0.2) is 18.2 Å². The molecular weight excluding hydrogens is 426 g/mol. The summed E-state index contributed by atoms with van der Waals surface area (Å²) in [4.78, 5) is 12.0. The number of unbranched alkanes of at least 4 members (excludes halogenated alkanes) is 15. The Morgan fingerprint density at radius 1 is 0.765 bits per heavy atom. The van der Waals surface area contributed by atoms with Gasteiger partial charge in [0.25, 0.3) is 0 Å². The van der Waals surface area contributed by atoms with E-state index in [1.54, 1.807) is 18.2 Å². The molecule has 5 nitrogen and oxygen atoms in total. The number of carbonyl (C=O) groups is 1. The van der Waals surface area contributed by atoms with Gasteiger partial charge in [0.1, 0.15) is 0 Å². The molecule has 0 aliphatic carbocycles. The minimum atomic E-state index is -0.119. The van der Waals surface area contributed by atoms with E-state index in [-0.39, 0.29) is 11.7 Å². The van der Waals surface area contributed by atoms with Crippen LogP contribution in [-0.4, -0.2) is 31.8 Å². The Labute approximate surface area is 208 Å². The normalized spacial score (nSPS) is 11.1. The van der Waals surface area contributed by atoms with E-state index in [0.717, 1.165) is 18.4 Å². The Hall–Kier alpha value is -2.17. The average molecular weight is 476 g/mol. The van der Waals surface area contributed by atoms with E-state index in [9.17, 15) is 9.90 Å². The molecule has 0 spiro atoms. The van der Waals surface area contributed by atoms with E-state index in [1.807, 2.05) is 0 Å². The fourth-order valence-corrected chi connectivity index (χ4v) is 4.13. The highest BCUT2D eigenvalue weighted by Gasteiger charge is 2.10. The molecule has 0 aliphatic rings. The summed E-state index contributed by atoms with van der Waals surface area (Å²) in [7, 11) is 2.96. The number of phenols is 1.